The number of ether oxygens (including phenoxy) is 2. The van der Waals surface area contributed by atoms with Gasteiger partial charge in [0.2, 0.25) is 0 Å². The molecule has 8 nitrogen and oxygen atoms in total. The van der Waals surface area contributed by atoms with Crippen LogP contribution in [0.15, 0.2) is 53.7 Å². The Morgan fingerprint density at radius 3 is 2.57 bits per heavy atom. The first-order chi connectivity index (χ1) is 17.1. The molecule has 2 fully saturated rings. The van der Waals surface area contributed by atoms with Gasteiger partial charge in [0.15, 0.2) is 6.29 Å². The molecule has 0 aromatic heterocycles. The molecule has 2 heterocycles. The van der Waals surface area contributed by atoms with Gasteiger partial charge in [-0.1, -0.05) is 31.2 Å². The fourth-order valence-electron chi connectivity index (χ4n) is 4.28. The van der Waals surface area contributed by atoms with Crippen molar-refractivity contribution in [3.8, 4) is 6.07 Å². The van der Waals surface area contributed by atoms with Crippen LogP contribution in [-0.2, 0) is 9.47 Å². The minimum Gasteiger partial charge on any atom is -0.400 e. The van der Waals surface area contributed by atoms with Crippen molar-refractivity contribution in [3.05, 3.63) is 59.3 Å². The van der Waals surface area contributed by atoms with E-state index in [-0.39, 0.29) is 6.61 Å². The van der Waals surface area contributed by atoms with Crippen molar-refractivity contribution in [3.63, 3.8) is 0 Å². The Morgan fingerprint density at radius 1 is 1.14 bits per heavy atom. The molecule has 2 aromatic carbocycles. The van der Waals surface area contributed by atoms with Gasteiger partial charge in [-0.2, -0.15) is 5.26 Å². The van der Waals surface area contributed by atoms with Gasteiger partial charge in [-0.3, -0.25) is 0 Å². The third-order valence-electron chi connectivity index (χ3n) is 6.02. The largest absolute Gasteiger partial charge is 0.400 e. The topological polar surface area (TPSA) is 118 Å². The minimum atomic E-state index is -1.03. The van der Waals surface area contributed by atoms with Gasteiger partial charge in [0.25, 0.3) is 0 Å². The first-order valence-corrected chi connectivity index (χ1v) is 11.9. The van der Waals surface area contributed by atoms with Crippen LogP contribution in [0.4, 0.5) is 5.69 Å². The highest BCUT2D eigenvalue weighted by Gasteiger charge is 2.29. The molecule has 4 rings (SSSR count). The molecule has 2 aliphatic heterocycles. The van der Waals surface area contributed by atoms with E-state index >= 15 is 0 Å². The van der Waals surface area contributed by atoms with E-state index in [4.69, 9.17) is 14.6 Å². The lowest BCUT2D eigenvalue weighted by atomic mass is 10.0. The SMILES string of the molecule is CC/C=C(NC1CC(O)COC1O)\C(C#N)=C\c1ccc2cc(N3CCOCC3)ccc2c1.CO. The maximum absolute atomic E-state index is 10.1. The fraction of sp³-hybridized carbons (Fsp3) is 0.444. The van der Waals surface area contributed by atoms with Crippen LogP contribution in [0.2, 0.25) is 0 Å². The molecule has 0 amide bonds. The molecule has 4 N–H and O–H groups in total. The van der Waals surface area contributed by atoms with E-state index < -0.39 is 18.4 Å². The second kappa shape index (κ2) is 13.2. The van der Waals surface area contributed by atoms with Crippen LogP contribution in [0, 0.1) is 11.3 Å². The molecule has 3 unspecified atom stereocenters. The van der Waals surface area contributed by atoms with Crippen LogP contribution >= 0.6 is 0 Å². The predicted octanol–water partition coefficient (Wildman–Crippen LogP) is 2.54. The van der Waals surface area contributed by atoms with E-state index in [2.05, 4.69) is 46.6 Å². The lowest BCUT2D eigenvalue weighted by Gasteiger charge is -2.32. The summed E-state index contributed by atoms with van der Waals surface area (Å²) in [6.07, 6.45) is 3.15. The number of nitrogens with zero attached hydrogens (tertiary/aromatic N) is 2. The number of rotatable bonds is 6. The molecule has 35 heavy (non-hydrogen) atoms. The van der Waals surface area contributed by atoms with E-state index in [1.807, 2.05) is 25.1 Å². The van der Waals surface area contributed by atoms with Crippen molar-refractivity contribution in [2.45, 2.75) is 38.2 Å². The summed E-state index contributed by atoms with van der Waals surface area (Å²) in [5.74, 6) is 0. The third-order valence-corrected chi connectivity index (χ3v) is 6.02. The summed E-state index contributed by atoms with van der Waals surface area (Å²) in [6, 6.07) is 14.4. The summed E-state index contributed by atoms with van der Waals surface area (Å²) in [5, 5.41) is 42.4. The molecule has 2 aromatic rings. The van der Waals surface area contributed by atoms with Crippen molar-refractivity contribution in [2.75, 3.05) is 44.9 Å². The number of fused-ring (bicyclic) bond motifs is 1. The van der Waals surface area contributed by atoms with Crippen LogP contribution < -0.4 is 10.2 Å². The number of aliphatic hydroxyl groups is 3. The Bertz CT molecular complexity index is 1070. The first kappa shape index (κ1) is 26.7. The molecule has 0 bridgehead atoms. The second-order valence-electron chi connectivity index (χ2n) is 8.45. The van der Waals surface area contributed by atoms with Crippen molar-refractivity contribution in [1.82, 2.24) is 5.32 Å². The zero-order valence-corrected chi connectivity index (χ0v) is 20.4. The van der Waals surface area contributed by atoms with Gasteiger partial charge in [-0.05, 0) is 47.0 Å². The highest BCUT2D eigenvalue weighted by Crippen LogP contribution is 2.26. The van der Waals surface area contributed by atoms with Gasteiger partial charge in [0.05, 0.1) is 37.5 Å². The maximum Gasteiger partial charge on any atom is 0.175 e. The zero-order chi connectivity index (χ0) is 25.2. The number of nitrogens with one attached hydrogen (secondary N) is 1. The van der Waals surface area contributed by atoms with E-state index in [0.29, 0.717) is 17.7 Å². The van der Waals surface area contributed by atoms with Gasteiger partial charge < -0.3 is 35.0 Å². The molecule has 0 saturated carbocycles. The van der Waals surface area contributed by atoms with Crippen LogP contribution in [0.5, 0.6) is 0 Å². The Morgan fingerprint density at radius 2 is 1.86 bits per heavy atom. The molecule has 188 valence electrons. The van der Waals surface area contributed by atoms with Gasteiger partial charge >= 0.3 is 0 Å². The third kappa shape index (κ3) is 7.04. The zero-order valence-electron chi connectivity index (χ0n) is 20.4. The second-order valence-corrected chi connectivity index (χ2v) is 8.45. The highest BCUT2D eigenvalue weighted by molar-refractivity contribution is 5.88. The standard InChI is InChI=1S/C26H31N3O4.CH4O/c1-2-3-24(28-25-15-23(30)17-33-26(25)31)21(16-27)13-18-4-5-20-14-22(7-6-19(20)12-18)29-8-10-32-11-9-29;1-2/h3-7,12-14,23,25-26,28,30-31H,2,8-11,15,17H2,1H3;2H,1H3/b21-13+,24-3+;. The minimum absolute atomic E-state index is 0.109. The number of allylic oxidation sites excluding steroid dienone is 2. The number of hydrogen-bond donors (Lipinski definition) is 4. The number of anilines is 1. The van der Waals surface area contributed by atoms with E-state index in [1.165, 1.54) is 5.69 Å². The molecule has 0 aliphatic carbocycles. The van der Waals surface area contributed by atoms with Crippen LogP contribution in [0.3, 0.4) is 0 Å². The van der Waals surface area contributed by atoms with Gasteiger partial charge in [-0.15, -0.1) is 0 Å². The summed E-state index contributed by atoms with van der Waals surface area (Å²) >= 11 is 0. The summed E-state index contributed by atoms with van der Waals surface area (Å²) in [6.45, 7) is 5.40. The molecule has 0 radical (unpaired) electrons. The Labute approximate surface area is 206 Å². The predicted molar refractivity (Wildman–Crippen MR) is 137 cm³/mol. The van der Waals surface area contributed by atoms with Crippen LogP contribution in [0.1, 0.15) is 25.3 Å². The summed E-state index contributed by atoms with van der Waals surface area (Å²) < 4.78 is 10.7. The first-order valence-electron chi connectivity index (χ1n) is 11.9. The average Bonchev–Trinajstić information content (AvgIpc) is 2.90. The molecule has 0 spiro atoms. The van der Waals surface area contributed by atoms with E-state index in [1.54, 1.807) is 0 Å². The summed E-state index contributed by atoms with van der Waals surface area (Å²) in [4.78, 5) is 2.33. The van der Waals surface area contributed by atoms with E-state index in [9.17, 15) is 15.5 Å². The summed E-state index contributed by atoms with van der Waals surface area (Å²) in [5.41, 5.74) is 3.21. The smallest absolute Gasteiger partial charge is 0.175 e. The molecule has 2 saturated heterocycles. The number of benzene rings is 2. The van der Waals surface area contributed by atoms with Gasteiger partial charge in [0.1, 0.15) is 6.07 Å². The van der Waals surface area contributed by atoms with Crippen LogP contribution in [-0.4, -0.2) is 73.8 Å². The monoisotopic (exact) mass is 481 g/mol. The van der Waals surface area contributed by atoms with Gasteiger partial charge in [0, 0.05) is 38.0 Å². The molecule has 2 aliphatic rings. The molecular weight excluding hydrogens is 446 g/mol. The Hall–Kier alpha value is -2.93. The Balaban J connectivity index is 0.00000167. The number of aliphatic hydroxyl groups excluding tert-OH is 3. The van der Waals surface area contributed by atoms with E-state index in [0.717, 1.165) is 56.2 Å². The normalized spacial score (nSPS) is 23.3. The quantitative estimate of drug-likeness (QED) is 0.367. The highest BCUT2D eigenvalue weighted by atomic mass is 16.6. The van der Waals surface area contributed by atoms with Gasteiger partial charge in [-0.25, -0.2) is 0 Å². The average molecular weight is 482 g/mol. The number of morpholine rings is 1. The van der Waals surface area contributed by atoms with Crippen molar-refractivity contribution in [1.29, 1.82) is 5.26 Å². The molecule has 3 atom stereocenters. The van der Waals surface area contributed by atoms with Crippen molar-refractivity contribution in [2.24, 2.45) is 0 Å². The maximum atomic E-state index is 10.1. The lowest BCUT2D eigenvalue weighted by Crippen LogP contribution is -2.48. The molecular formula is C27H35N3O5. The Kier molecular flexibility index (Phi) is 10.1. The summed E-state index contributed by atoms with van der Waals surface area (Å²) in [7, 11) is 1.00. The van der Waals surface area contributed by atoms with Crippen LogP contribution in [0.25, 0.3) is 16.8 Å². The molecule has 8 heteroatoms. The lowest BCUT2D eigenvalue weighted by molar-refractivity contribution is -0.171. The van der Waals surface area contributed by atoms with Crippen molar-refractivity contribution < 1.29 is 24.8 Å². The number of hydrogen-bond acceptors (Lipinski definition) is 8. The fourth-order valence-corrected chi connectivity index (χ4v) is 4.28. The number of nitriles is 1. The van der Waals surface area contributed by atoms with Crippen molar-refractivity contribution >= 4 is 22.5 Å².